The number of carbonyl (C=O) groups is 1. The van der Waals surface area contributed by atoms with Gasteiger partial charge >= 0.3 is 0 Å². The third-order valence-corrected chi connectivity index (χ3v) is 3.37. The van der Waals surface area contributed by atoms with E-state index < -0.39 is 0 Å². The van der Waals surface area contributed by atoms with E-state index >= 15 is 0 Å². The maximum atomic E-state index is 11.0. The monoisotopic (exact) mass is 249 g/mol. The van der Waals surface area contributed by atoms with Crippen LogP contribution in [0.4, 0.5) is 0 Å². The average Bonchev–Trinajstić information content (AvgIpc) is 2.35. The lowest BCUT2D eigenvalue weighted by molar-refractivity contribution is -0.117. The van der Waals surface area contributed by atoms with Gasteiger partial charge < -0.3 is 9.84 Å². The van der Waals surface area contributed by atoms with E-state index in [0.717, 1.165) is 31.6 Å². The van der Waals surface area contributed by atoms with E-state index in [9.17, 15) is 9.90 Å². The van der Waals surface area contributed by atoms with Crippen LogP contribution in [0.25, 0.3) is 0 Å². The van der Waals surface area contributed by atoms with Gasteiger partial charge in [-0.1, -0.05) is 0 Å². The predicted molar refractivity (Wildman–Crippen MR) is 68.9 cm³/mol. The van der Waals surface area contributed by atoms with Gasteiger partial charge in [-0.05, 0) is 36.6 Å². The average molecular weight is 249 g/mol. The summed E-state index contributed by atoms with van der Waals surface area (Å²) in [4.78, 5) is 13.2. The smallest absolute Gasteiger partial charge is 0.160 e. The molecule has 0 radical (unpaired) electrons. The summed E-state index contributed by atoms with van der Waals surface area (Å²) in [6.07, 6.45) is 1.53. The Labute approximate surface area is 107 Å². The molecule has 0 aliphatic carbocycles. The first kappa shape index (κ1) is 12.9. The van der Waals surface area contributed by atoms with Crippen molar-refractivity contribution >= 4 is 5.78 Å². The number of Topliss-reactive ketones (excluding diaryl/α,β-unsaturated/α-hetero) is 1. The maximum Gasteiger partial charge on any atom is 0.160 e. The van der Waals surface area contributed by atoms with Gasteiger partial charge in [0.25, 0.3) is 0 Å². The number of ketones is 1. The van der Waals surface area contributed by atoms with Crippen LogP contribution in [-0.4, -0.2) is 36.0 Å². The minimum atomic E-state index is 0.185. The number of phenolic OH excluding ortho intramolecular Hbond substituents is 1. The standard InChI is InChI=1S/C14H19NO3/c1-10(16)3-5-15-6-4-11-8-14(18-2)13(17)7-12(11)9-15/h7-8,17H,3-6,9H2,1-2H3. The number of fused-ring (bicyclic) bond motifs is 1. The van der Waals surface area contributed by atoms with Gasteiger partial charge in [0.05, 0.1) is 7.11 Å². The van der Waals surface area contributed by atoms with Gasteiger partial charge in [-0.15, -0.1) is 0 Å². The molecule has 2 rings (SSSR count). The molecule has 0 unspecified atom stereocenters. The summed E-state index contributed by atoms with van der Waals surface area (Å²) in [5.74, 6) is 0.939. The zero-order valence-corrected chi connectivity index (χ0v) is 10.9. The molecule has 0 saturated carbocycles. The molecule has 98 valence electrons. The van der Waals surface area contributed by atoms with Crippen LogP contribution in [0.3, 0.4) is 0 Å². The Morgan fingerprint density at radius 3 is 2.89 bits per heavy atom. The van der Waals surface area contributed by atoms with Crippen molar-refractivity contribution in [3.8, 4) is 11.5 Å². The Bertz CT molecular complexity index is 457. The first-order valence-electron chi connectivity index (χ1n) is 6.20. The van der Waals surface area contributed by atoms with Gasteiger partial charge in [0.15, 0.2) is 11.5 Å². The van der Waals surface area contributed by atoms with Crippen molar-refractivity contribution in [1.29, 1.82) is 0 Å². The van der Waals surface area contributed by atoms with E-state index in [4.69, 9.17) is 4.74 Å². The Balaban J connectivity index is 2.09. The molecule has 0 amide bonds. The van der Waals surface area contributed by atoms with Crippen LogP contribution in [0.15, 0.2) is 12.1 Å². The van der Waals surface area contributed by atoms with Gasteiger partial charge in [0.2, 0.25) is 0 Å². The summed E-state index contributed by atoms with van der Waals surface area (Å²) < 4.78 is 5.11. The molecule has 18 heavy (non-hydrogen) atoms. The van der Waals surface area contributed by atoms with E-state index in [2.05, 4.69) is 4.90 Å². The van der Waals surface area contributed by atoms with E-state index in [1.54, 1.807) is 20.1 Å². The number of rotatable bonds is 4. The van der Waals surface area contributed by atoms with Crippen molar-refractivity contribution < 1.29 is 14.6 Å². The SMILES string of the molecule is COc1cc2c(cc1O)CN(CCC(C)=O)CC2. The molecule has 1 aliphatic rings. The number of hydrogen-bond donors (Lipinski definition) is 1. The van der Waals surface area contributed by atoms with Crippen LogP contribution < -0.4 is 4.74 Å². The highest BCUT2D eigenvalue weighted by molar-refractivity contribution is 5.75. The zero-order valence-electron chi connectivity index (χ0n) is 10.9. The molecule has 0 aromatic heterocycles. The summed E-state index contributed by atoms with van der Waals surface area (Å²) in [5.41, 5.74) is 2.35. The number of benzene rings is 1. The minimum absolute atomic E-state index is 0.185. The second-order valence-electron chi connectivity index (χ2n) is 4.77. The molecule has 4 nitrogen and oxygen atoms in total. The third kappa shape index (κ3) is 2.82. The summed E-state index contributed by atoms with van der Waals surface area (Å²) in [5, 5.41) is 9.77. The first-order valence-corrected chi connectivity index (χ1v) is 6.20. The molecule has 0 atom stereocenters. The van der Waals surface area contributed by atoms with Crippen LogP contribution in [0, 0.1) is 0 Å². The maximum absolute atomic E-state index is 11.0. The molecule has 1 N–H and O–H groups in total. The molecule has 1 aromatic rings. The molecule has 1 aromatic carbocycles. The molecular weight excluding hydrogens is 230 g/mol. The van der Waals surface area contributed by atoms with Gasteiger partial charge in [-0.25, -0.2) is 0 Å². The summed E-state index contributed by atoms with van der Waals surface area (Å²) in [6.45, 7) is 4.16. The molecule has 0 bridgehead atoms. The number of ether oxygens (including phenoxy) is 1. The Hall–Kier alpha value is -1.55. The topological polar surface area (TPSA) is 49.8 Å². The fourth-order valence-corrected chi connectivity index (χ4v) is 2.30. The van der Waals surface area contributed by atoms with Crippen LogP contribution in [0.5, 0.6) is 11.5 Å². The third-order valence-electron chi connectivity index (χ3n) is 3.37. The summed E-state index contributed by atoms with van der Waals surface area (Å²) >= 11 is 0. The fraction of sp³-hybridized carbons (Fsp3) is 0.500. The molecule has 0 fully saturated rings. The molecule has 0 saturated heterocycles. The van der Waals surface area contributed by atoms with E-state index in [1.807, 2.05) is 6.07 Å². The predicted octanol–water partition coefficient (Wildman–Crippen LogP) is 1.74. The number of aromatic hydroxyl groups is 1. The lowest BCUT2D eigenvalue weighted by Gasteiger charge is -2.28. The van der Waals surface area contributed by atoms with E-state index in [1.165, 1.54) is 5.56 Å². The van der Waals surface area contributed by atoms with Gasteiger partial charge in [-0.3, -0.25) is 9.69 Å². The van der Waals surface area contributed by atoms with Crippen molar-refractivity contribution in [2.45, 2.75) is 26.3 Å². The summed E-state index contributed by atoms with van der Waals surface area (Å²) in [7, 11) is 1.56. The van der Waals surface area contributed by atoms with Crippen molar-refractivity contribution in [2.75, 3.05) is 20.2 Å². The van der Waals surface area contributed by atoms with Gasteiger partial charge in [0, 0.05) is 26.1 Å². The normalized spacial score (nSPS) is 15.2. The second-order valence-corrected chi connectivity index (χ2v) is 4.77. The molecule has 0 spiro atoms. The van der Waals surface area contributed by atoms with Gasteiger partial charge in [0.1, 0.15) is 5.78 Å². The van der Waals surface area contributed by atoms with Crippen molar-refractivity contribution in [3.05, 3.63) is 23.3 Å². The highest BCUT2D eigenvalue weighted by Crippen LogP contribution is 2.32. The minimum Gasteiger partial charge on any atom is -0.504 e. The van der Waals surface area contributed by atoms with Crippen LogP contribution in [0.2, 0.25) is 0 Å². The highest BCUT2D eigenvalue weighted by atomic mass is 16.5. The molecular formula is C14H19NO3. The largest absolute Gasteiger partial charge is 0.504 e. The molecule has 4 heteroatoms. The van der Waals surface area contributed by atoms with Crippen molar-refractivity contribution in [1.82, 2.24) is 4.90 Å². The zero-order chi connectivity index (χ0) is 13.1. The van der Waals surface area contributed by atoms with E-state index in [0.29, 0.717) is 12.2 Å². The highest BCUT2D eigenvalue weighted by Gasteiger charge is 2.18. The number of carbonyl (C=O) groups excluding carboxylic acids is 1. The number of hydrogen-bond acceptors (Lipinski definition) is 4. The second kappa shape index (κ2) is 5.40. The number of methoxy groups -OCH3 is 1. The molecule has 1 aliphatic heterocycles. The number of phenols is 1. The van der Waals surface area contributed by atoms with Crippen LogP contribution in [-0.2, 0) is 17.8 Å². The Morgan fingerprint density at radius 2 is 2.22 bits per heavy atom. The molecule has 1 heterocycles. The van der Waals surface area contributed by atoms with Crippen molar-refractivity contribution in [3.63, 3.8) is 0 Å². The first-order chi connectivity index (χ1) is 8.60. The lowest BCUT2D eigenvalue weighted by Crippen LogP contribution is -2.32. The summed E-state index contributed by atoms with van der Waals surface area (Å²) in [6, 6.07) is 3.68. The Kier molecular flexibility index (Phi) is 3.87. The van der Waals surface area contributed by atoms with Crippen LogP contribution in [0.1, 0.15) is 24.5 Å². The Morgan fingerprint density at radius 1 is 1.44 bits per heavy atom. The lowest BCUT2D eigenvalue weighted by atomic mass is 9.98. The quantitative estimate of drug-likeness (QED) is 0.883. The fourth-order valence-electron chi connectivity index (χ4n) is 2.30. The van der Waals surface area contributed by atoms with Crippen molar-refractivity contribution in [2.24, 2.45) is 0 Å². The van der Waals surface area contributed by atoms with Crippen LogP contribution >= 0.6 is 0 Å². The van der Waals surface area contributed by atoms with Gasteiger partial charge in [-0.2, -0.15) is 0 Å². The van der Waals surface area contributed by atoms with E-state index in [-0.39, 0.29) is 11.5 Å². The number of nitrogens with zero attached hydrogens (tertiary/aromatic N) is 1.